The van der Waals surface area contributed by atoms with Crippen molar-refractivity contribution in [1.82, 2.24) is 15.3 Å². The molecule has 1 aromatic rings. The van der Waals surface area contributed by atoms with Gasteiger partial charge in [-0.1, -0.05) is 0 Å². The molecule has 1 saturated heterocycles. The summed E-state index contributed by atoms with van der Waals surface area (Å²) in [7, 11) is 0. The van der Waals surface area contributed by atoms with Gasteiger partial charge in [0.25, 0.3) is 0 Å². The van der Waals surface area contributed by atoms with Gasteiger partial charge in [-0.15, -0.1) is 0 Å². The third-order valence-corrected chi connectivity index (χ3v) is 1.32. The second-order valence-corrected chi connectivity index (χ2v) is 2.26. The summed E-state index contributed by atoms with van der Waals surface area (Å²) in [6, 6.07) is 0. The predicted molar refractivity (Wildman–Crippen MR) is 45.7 cm³/mol. The zero-order valence-electron chi connectivity index (χ0n) is 6.94. The van der Waals surface area contributed by atoms with E-state index in [2.05, 4.69) is 15.3 Å². The number of hydrogen-bond acceptors (Lipinski definition) is 4. The van der Waals surface area contributed by atoms with Crippen LogP contribution in [0.4, 0.5) is 0 Å². The average Bonchev–Trinajstić information content (AvgIpc) is 2.24. The zero-order valence-corrected chi connectivity index (χ0v) is 6.94. The summed E-state index contributed by atoms with van der Waals surface area (Å²) < 4.78 is 5.01. The molecule has 1 N–H and O–H groups in total. The van der Waals surface area contributed by atoms with Gasteiger partial charge >= 0.3 is 0 Å². The number of morpholine rings is 1. The van der Waals surface area contributed by atoms with Crippen molar-refractivity contribution in [3.8, 4) is 0 Å². The molecule has 0 radical (unpaired) electrons. The van der Waals surface area contributed by atoms with Crippen LogP contribution in [0.1, 0.15) is 0 Å². The quantitative estimate of drug-likeness (QED) is 0.594. The Morgan fingerprint density at radius 3 is 1.58 bits per heavy atom. The van der Waals surface area contributed by atoms with Gasteiger partial charge in [-0.2, -0.15) is 0 Å². The van der Waals surface area contributed by atoms with Gasteiger partial charge in [0.15, 0.2) is 0 Å². The van der Waals surface area contributed by atoms with Gasteiger partial charge in [0, 0.05) is 37.9 Å². The van der Waals surface area contributed by atoms with E-state index >= 15 is 0 Å². The van der Waals surface area contributed by atoms with E-state index in [0.29, 0.717) is 0 Å². The van der Waals surface area contributed by atoms with Crippen molar-refractivity contribution in [2.45, 2.75) is 0 Å². The summed E-state index contributed by atoms with van der Waals surface area (Å²) in [4.78, 5) is 7.44. The van der Waals surface area contributed by atoms with Crippen LogP contribution in [0.3, 0.4) is 0 Å². The molecule has 1 fully saturated rings. The maximum absolute atomic E-state index is 5.01. The Hall–Kier alpha value is -1.00. The Kier molecular flexibility index (Phi) is 5.07. The molecule has 0 bridgehead atoms. The fourth-order valence-electron chi connectivity index (χ4n) is 0.769. The van der Waals surface area contributed by atoms with Gasteiger partial charge < -0.3 is 10.1 Å². The van der Waals surface area contributed by atoms with Crippen LogP contribution in [0.15, 0.2) is 24.8 Å². The lowest BCUT2D eigenvalue weighted by Gasteiger charge is -2.10. The molecule has 0 aliphatic carbocycles. The van der Waals surface area contributed by atoms with Gasteiger partial charge in [0.05, 0.1) is 13.2 Å². The van der Waals surface area contributed by atoms with E-state index in [9.17, 15) is 0 Å². The molecular formula is C8H13N3O. The third kappa shape index (κ3) is 4.76. The Balaban J connectivity index is 0.000000120. The lowest BCUT2D eigenvalue weighted by molar-refractivity contribution is 0.109. The minimum Gasteiger partial charge on any atom is -0.379 e. The molecule has 66 valence electrons. The molecule has 1 aliphatic heterocycles. The fraction of sp³-hybridized carbons (Fsp3) is 0.500. The van der Waals surface area contributed by atoms with Crippen LogP contribution in [0.25, 0.3) is 0 Å². The number of rotatable bonds is 0. The van der Waals surface area contributed by atoms with Crippen LogP contribution in [0, 0.1) is 0 Å². The van der Waals surface area contributed by atoms with Crippen LogP contribution < -0.4 is 5.32 Å². The minimum absolute atomic E-state index is 0.889. The Bertz CT molecular complexity index is 139. The molecule has 12 heavy (non-hydrogen) atoms. The highest BCUT2D eigenvalue weighted by Crippen LogP contribution is 1.76. The number of aromatic nitrogens is 2. The Morgan fingerprint density at radius 2 is 1.42 bits per heavy atom. The van der Waals surface area contributed by atoms with Crippen LogP contribution in [0.5, 0.6) is 0 Å². The molecule has 0 atom stereocenters. The van der Waals surface area contributed by atoms with E-state index in [4.69, 9.17) is 4.74 Å². The predicted octanol–water partition coefficient (Wildman–Crippen LogP) is 0.0828. The zero-order chi connectivity index (χ0) is 8.49. The van der Waals surface area contributed by atoms with E-state index in [-0.39, 0.29) is 0 Å². The molecular weight excluding hydrogens is 154 g/mol. The fourth-order valence-corrected chi connectivity index (χ4v) is 0.769. The summed E-state index contributed by atoms with van der Waals surface area (Å²) in [6.45, 7) is 3.83. The smallest absolute Gasteiger partial charge is 0.0591 e. The van der Waals surface area contributed by atoms with E-state index in [0.717, 1.165) is 26.3 Å². The first-order chi connectivity index (χ1) is 6.00. The minimum atomic E-state index is 0.889. The summed E-state index contributed by atoms with van der Waals surface area (Å²) in [5.41, 5.74) is 0. The van der Waals surface area contributed by atoms with Gasteiger partial charge in [-0.25, -0.2) is 0 Å². The maximum atomic E-state index is 5.01. The van der Waals surface area contributed by atoms with Crippen molar-refractivity contribution in [3.05, 3.63) is 24.8 Å². The first kappa shape index (κ1) is 9.09. The van der Waals surface area contributed by atoms with E-state index < -0.39 is 0 Å². The highest BCUT2D eigenvalue weighted by atomic mass is 16.5. The first-order valence-electron chi connectivity index (χ1n) is 3.98. The van der Waals surface area contributed by atoms with Crippen LogP contribution >= 0.6 is 0 Å². The number of nitrogens with one attached hydrogen (secondary N) is 1. The largest absolute Gasteiger partial charge is 0.379 e. The lowest BCUT2D eigenvalue weighted by Crippen LogP contribution is -2.30. The molecule has 0 spiro atoms. The molecule has 0 unspecified atom stereocenters. The summed E-state index contributed by atoms with van der Waals surface area (Å²) in [6.07, 6.45) is 6.56. The molecule has 2 heterocycles. The second-order valence-electron chi connectivity index (χ2n) is 2.26. The average molecular weight is 167 g/mol. The molecule has 4 nitrogen and oxygen atoms in total. The first-order valence-corrected chi connectivity index (χ1v) is 3.98. The standard InChI is InChI=1S/C4H4N2.C4H9NO/c1-2-6-4-3-5-1;1-3-6-4-2-5-1/h1-4H;5H,1-4H2. The van der Waals surface area contributed by atoms with E-state index in [1.807, 2.05) is 0 Å². The van der Waals surface area contributed by atoms with E-state index in [1.54, 1.807) is 24.8 Å². The van der Waals surface area contributed by atoms with Crippen LogP contribution in [-0.2, 0) is 4.74 Å². The topological polar surface area (TPSA) is 47.0 Å². The van der Waals surface area contributed by atoms with Crippen LogP contribution in [-0.4, -0.2) is 36.3 Å². The Labute approximate surface area is 72.0 Å². The molecule has 1 aliphatic rings. The van der Waals surface area contributed by atoms with Gasteiger partial charge in [0.2, 0.25) is 0 Å². The molecule has 0 amide bonds. The number of nitrogens with zero attached hydrogens (tertiary/aromatic N) is 2. The molecule has 0 saturated carbocycles. The lowest BCUT2D eigenvalue weighted by atomic mass is 10.5. The highest BCUT2D eigenvalue weighted by molar-refractivity contribution is 4.70. The molecule has 1 aromatic heterocycles. The molecule has 0 aromatic carbocycles. The summed E-state index contributed by atoms with van der Waals surface area (Å²) >= 11 is 0. The SMILES string of the molecule is C1COCCN1.c1cnccn1. The Morgan fingerprint density at radius 1 is 0.917 bits per heavy atom. The summed E-state index contributed by atoms with van der Waals surface area (Å²) in [5, 5.41) is 3.16. The normalized spacial score (nSPS) is 16.0. The molecule has 4 heteroatoms. The van der Waals surface area contributed by atoms with Crippen molar-refractivity contribution in [2.24, 2.45) is 0 Å². The monoisotopic (exact) mass is 167 g/mol. The van der Waals surface area contributed by atoms with Gasteiger partial charge in [-0.3, -0.25) is 9.97 Å². The van der Waals surface area contributed by atoms with Crippen molar-refractivity contribution in [1.29, 1.82) is 0 Å². The third-order valence-electron chi connectivity index (χ3n) is 1.32. The highest BCUT2D eigenvalue weighted by Gasteiger charge is 1.92. The van der Waals surface area contributed by atoms with E-state index in [1.165, 1.54) is 0 Å². The van der Waals surface area contributed by atoms with Crippen molar-refractivity contribution in [2.75, 3.05) is 26.3 Å². The van der Waals surface area contributed by atoms with Crippen LogP contribution in [0.2, 0.25) is 0 Å². The number of hydrogen-bond donors (Lipinski definition) is 1. The van der Waals surface area contributed by atoms with Gasteiger partial charge in [0.1, 0.15) is 0 Å². The second kappa shape index (κ2) is 6.69. The van der Waals surface area contributed by atoms with Crippen molar-refractivity contribution < 1.29 is 4.74 Å². The summed E-state index contributed by atoms with van der Waals surface area (Å²) in [5.74, 6) is 0. The van der Waals surface area contributed by atoms with Crippen molar-refractivity contribution in [3.63, 3.8) is 0 Å². The molecule has 2 rings (SSSR count). The van der Waals surface area contributed by atoms with Crippen molar-refractivity contribution >= 4 is 0 Å². The number of ether oxygens (including phenoxy) is 1. The van der Waals surface area contributed by atoms with Gasteiger partial charge in [-0.05, 0) is 0 Å². The maximum Gasteiger partial charge on any atom is 0.0591 e.